The van der Waals surface area contributed by atoms with Gasteiger partial charge in [-0.3, -0.25) is 59.6 Å². The van der Waals surface area contributed by atoms with Gasteiger partial charge in [0, 0.05) is 24.2 Å². The summed E-state index contributed by atoms with van der Waals surface area (Å²) in [5, 5.41) is 67.8. The topological polar surface area (TPSA) is 406 Å². The molecule has 4 heterocycles. The first kappa shape index (κ1) is 80.2. The minimum absolute atomic E-state index is 0.00817. The molecule has 8 fully saturated rings. The number of nitrogens with one attached hydrogen (secondary N) is 4. The molecular weight excluding hydrogens is 1250 g/mol. The molecule has 0 aromatic carbocycles. The normalized spacial score (nSPS) is 28.9. The van der Waals surface area contributed by atoms with E-state index in [4.69, 9.17) is 14.6 Å². The maximum atomic E-state index is 13.1. The van der Waals surface area contributed by atoms with Crippen molar-refractivity contribution >= 4 is 71.4 Å². The van der Waals surface area contributed by atoms with Crippen LogP contribution in [0.15, 0.2) is 0 Å². The largest absolute Gasteiger partial charge is 0.480 e. The fraction of sp³-hybridized carbons (Fsp3) is 0.824. The predicted octanol–water partition coefficient (Wildman–Crippen LogP) is 5.25. The van der Waals surface area contributed by atoms with Crippen LogP contribution in [0, 0.1) is 23.7 Å². The van der Waals surface area contributed by atoms with Crippen LogP contribution in [0.3, 0.4) is 0 Å². The van der Waals surface area contributed by atoms with Gasteiger partial charge in [-0.15, -0.1) is 0 Å². The molecule has 0 radical (unpaired) electrons. The van der Waals surface area contributed by atoms with Gasteiger partial charge >= 0.3 is 47.8 Å². The Hall–Kier alpha value is -6.52. The van der Waals surface area contributed by atoms with Gasteiger partial charge < -0.3 is 59.7 Å². The monoisotopic (exact) mass is 1360 g/mol. The lowest BCUT2D eigenvalue weighted by atomic mass is 9.84. The number of hydrogen-bond acceptors (Lipinski definition) is 18. The molecule has 0 unspecified atom stereocenters. The smallest absolute Gasteiger partial charge is 0.326 e. The zero-order chi connectivity index (χ0) is 71.4. The van der Waals surface area contributed by atoms with Crippen LogP contribution in [0.2, 0.25) is 0 Å². The number of carbonyl (C=O) groups excluding carboxylic acids is 6. The molecule has 10 N–H and O–H groups in total. The van der Waals surface area contributed by atoms with Crippen LogP contribution in [-0.4, -0.2) is 232 Å². The summed E-state index contributed by atoms with van der Waals surface area (Å²) in [6.07, 6.45) is 20.3. The molecule has 8 rings (SSSR count). The third-order valence-electron chi connectivity index (χ3n) is 20.9. The standard InChI is InChI=1S/C19H32N2O5.2C17H28N2O5.C15H24N2O5/c1-4-8-14(19(25)26-5-2)20-12(3)17(22)21-15-10-7-6-9-13(15)11-16(21)18(23)24;1-4-24-17(23)11(3)18-10(2)15(20)19-13-8-6-5-7-12(13)9-14(19)16(21)22;1-3-6-12(16(21)22)18-10(2)15(20)19-13-8-5-4-7-11(13)9-14(19)17(23)24;1-8(16-9(2)14(19)20)13(18)17-11-6-4-3-5-10(11)7-12(17)15(21)22/h12-16,20H,4-11H2,1-3H3,(H,23,24);10-14,18H,4-9H2,1-3H3,(H,21,22);10-14,18H,3-9H2,1-2H3,(H,21,22)(H,23,24);8-12,16H,3-7H2,1-2H3,(H,19,20)(H,21,22)/t12-,13+,14-,15-,16-;10-,11-,12+,13-,14-;10-,11+,12-,13-,14-;8-,9-,10+,11-,12-/m0000/s1. The fourth-order valence-corrected chi connectivity index (χ4v) is 16.3. The van der Waals surface area contributed by atoms with Crippen molar-refractivity contribution in [1.29, 1.82) is 0 Å². The summed E-state index contributed by atoms with van der Waals surface area (Å²) >= 11 is 0. The van der Waals surface area contributed by atoms with Crippen LogP contribution in [0.25, 0.3) is 0 Å². The molecule has 544 valence electrons. The predicted molar refractivity (Wildman–Crippen MR) is 350 cm³/mol. The Balaban J connectivity index is 0.000000232. The van der Waals surface area contributed by atoms with Crippen molar-refractivity contribution in [3.05, 3.63) is 0 Å². The molecule has 4 saturated carbocycles. The molecular formula is C68H112N8O20. The third kappa shape index (κ3) is 20.8. The Morgan fingerprint density at radius 3 is 0.875 bits per heavy atom. The second kappa shape index (κ2) is 38.0. The maximum absolute atomic E-state index is 13.1. The average molecular weight is 1360 g/mol. The summed E-state index contributed by atoms with van der Waals surface area (Å²) < 4.78 is 10.0. The first-order valence-electron chi connectivity index (χ1n) is 35.5. The molecule has 4 saturated heterocycles. The Morgan fingerprint density at radius 2 is 0.604 bits per heavy atom. The minimum Gasteiger partial charge on any atom is -0.480 e. The molecule has 0 spiro atoms. The van der Waals surface area contributed by atoms with Gasteiger partial charge in [0.25, 0.3) is 0 Å². The highest BCUT2D eigenvalue weighted by molar-refractivity contribution is 5.91. The zero-order valence-electron chi connectivity index (χ0n) is 58.1. The summed E-state index contributed by atoms with van der Waals surface area (Å²) in [5.74, 6) is -6.62. The molecule has 28 nitrogen and oxygen atoms in total. The van der Waals surface area contributed by atoms with Crippen LogP contribution >= 0.6 is 0 Å². The van der Waals surface area contributed by atoms with E-state index in [2.05, 4.69) is 21.3 Å². The third-order valence-corrected chi connectivity index (χ3v) is 20.9. The van der Waals surface area contributed by atoms with E-state index in [0.717, 1.165) is 109 Å². The average Bonchev–Trinajstić information content (AvgIpc) is 1.65. The quantitative estimate of drug-likeness (QED) is 0.0495. The fourth-order valence-electron chi connectivity index (χ4n) is 16.3. The number of nitrogens with zero attached hydrogens (tertiary/aromatic N) is 4. The number of likely N-dealkylation sites (tertiary alicyclic amines) is 4. The number of fused-ring (bicyclic) bond motifs is 4. The Kier molecular flexibility index (Phi) is 31.7. The molecule has 0 bridgehead atoms. The van der Waals surface area contributed by atoms with Crippen molar-refractivity contribution in [2.45, 2.75) is 320 Å². The SMILES string of the molecule is CCC[C@H](N[C@@H](C)C(=O)N1[C@H](C(=O)O)C[C@H]2CCCC[C@@H]21)C(=O)O.CCC[C@H](N[C@@H](C)C(=O)N1[C@H](C(=O)O)C[C@H]2CCCC[C@@H]21)C(=O)OCC.CCOC(=O)[C@H](C)N[C@@H](C)C(=O)N1[C@H](C(=O)O)C[C@H]2CCCC[C@@H]21.C[C@H](N[C@@H](C)C(=O)N1[C@H](C(=O)O)C[C@H]2CCCC[C@@H]21)C(=O)O. The minimum atomic E-state index is -1.04. The van der Waals surface area contributed by atoms with Gasteiger partial charge in [-0.2, -0.15) is 0 Å². The van der Waals surface area contributed by atoms with Gasteiger partial charge in [0.2, 0.25) is 23.6 Å². The van der Waals surface area contributed by atoms with E-state index < -0.39 is 114 Å². The second-order valence-corrected chi connectivity index (χ2v) is 27.6. The van der Waals surface area contributed by atoms with E-state index in [-0.39, 0.29) is 84.0 Å². The van der Waals surface area contributed by atoms with Crippen LogP contribution in [-0.2, 0) is 67.0 Å². The van der Waals surface area contributed by atoms with E-state index in [1.807, 2.05) is 13.8 Å². The first-order valence-corrected chi connectivity index (χ1v) is 35.5. The van der Waals surface area contributed by atoms with Crippen molar-refractivity contribution in [2.24, 2.45) is 23.7 Å². The Morgan fingerprint density at radius 1 is 0.344 bits per heavy atom. The number of hydrogen-bond donors (Lipinski definition) is 10. The van der Waals surface area contributed by atoms with E-state index in [9.17, 15) is 83.1 Å². The number of aliphatic carboxylic acids is 6. The summed E-state index contributed by atoms with van der Waals surface area (Å²) in [6.45, 7) is 17.6. The molecule has 4 aliphatic heterocycles. The number of carboxylic acids is 6. The van der Waals surface area contributed by atoms with Crippen molar-refractivity contribution in [2.75, 3.05) is 13.2 Å². The van der Waals surface area contributed by atoms with E-state index in [1.165, 1.54) is 16.7 Å². The van der Waals surface area contributed by atoms with Crippen molar-refractivity contribution in [3.63, 3.8) is 0 Å². The molecule has 28 heteroatoms. The van der Waals surface area contributed by atoms with E-state index in [0.29, 0.717) is 51.6 Å². The van der Waals surface area contributed by atoms with Crippen LogP contribution < -0.4 is 21.3 Å². The number of esters is 2. The molecule has 0 aromatic heterocycles. The second-order valence-electron chi connectivity index (χ2n) is 27.6. The van der Waals surface area contributed by atoms with Gasteiger partial charge in [0.15, 0.2) is 0 Å². The van der Waals surface area contributed by atoms with Gasteiger partial charge in [-0.1, -0.05) is 78.1 Å². The van der Waals surface area contributed by atoms with Crippen LogP contribution in [0.4, 0.5) is 0 Å². The number of amides is 4. The summed E-state index contributed by atoms with van der Waals surface area (Å²) in [5.41, 5.74) is 0. The summed E-state index contributed by atoms with van der Waals surface area (Å²) in [7, 11) is 0. The lowest BCUT2D eigenvalue weighted by Gasteiger charge is -2.35. The Bertz CT molecular complexity index is 2690. The lowest BCUT2D eigenvalue weighted by Crippen LogP contribution is -2.55. The molecule has 4 amide bonds. The summed E-state index contributed by atoms with van der Waals surface area (Å²) in [4.78, 5) is 150. The molecule has 20 atom stereocenters. The van der Waals surface area contributed by atoms with Crippen LogP contribution in [0.5, 0.6) is 0 Å². The van der Waals surface area contributed by atoms with Gasteiger partial charge in [0.05, 0.1) is 37.4 Å². The van der Waals surface area contributed by atoms with Crippen molar-refractivity contribution in [3.8, 4) is 0 Å². The highest BCUT2D eigenvalue weighted by Crippen LogP contribution is 2.44. The maximum Gasteiger partial charge on any atom is 0.326 e. The van der Waals surface area contributed by atoms with E-state index in [1.54, 1.807) is 58.3 Å². The number of ether oxygens (including phenoxy) is 2. The van der Waals surface area contributed by atoms with Crippen molar-refractivity contribution < 1.29 is 97.6 Å². The number of carboxylic acid groups (broad SMARTS) is 6. The van der Waals surface area contributed by atoms with Crippen LogP contribution in [0.1, 0.15) is 223 Å². The number of rotatable bonds is 26. The zero-order valence-corrected chi connectivity index (χ0v) is 58.1. The molecule has 0 aromatic rings. The lowest BCUT2D eigenvalue weighted by molar-refractivity contribution is -0.152. The molecule has 96 heavy (non-hydrogen) atoms. The molecule has 8 aliphatic rings. The summed E-state index contributed by atoms with van der Waals surface area (Å²) in [6, 6.07) is -8.60. The van der Waals surface area contributed by atoms with E-state index >= 15 is 0 Å². The highest BCUT2D eigenvalue weighted by atomic mass is 16.5. The van der Waals surface area contributed by atoms with Gasteiger partial charge in [-0.05, 0) is 169 Å². The van der Waals surface area contributed by atoms with Gasteiger partial charge in [-0.25, -0.2) is 19.2 Å². The number of carbonyl (C=O) groups is 12. The first-order chi connectivity index (χ1) is 45.4. The molecule has 4 aliphatic carbocycles. The van der Waals surface area contributed by atoms with Crippen molar-refractivity contribution in [1.82, 2.24) is 40.9 Å². The Labute approximate surface area is 564 Å². The van der Waals surface area contributed by atoms with Gasteiger partial charge in [0.1, 0.15) is 48.3 Å². The highest BCUT2D eigenvalue weighted by Gasteiger charge is 2.53.